The van der Waals surface area contributed by atoms with E-state index in [9.17, 15) is 14.7 Å². The Morgan fingerprint density at radius 2 is 1.86 bits per heavy atom. The fraction of sp³-hybridized carbons (Fsp3) is 0.364. The van der Waals surface area contributed by atoms with Gasteiger partial charge >= 0.3 is 5.97 Å². The van der Waals surface area contributed by atoms with Crippen LogP contribution in [0.5, 0.6) is 0 Å². The second-order valence-electron chi connectivity index (χ2n) is 7.92. The average Bonchev–Trinajstić information content (AvgIpc) is 3.35. The van der Waals surface area contributed by atoms with Crippen molar-refractivity contribution < 1.29 is 14.7 Å². The van der Waals surface area contributed by atoms with Crippen LogP contribution in [0.15, 0.2) is 48.9 Å². The number of carboxylic acids is 1. The second-order valence-corrected chi connectivity index (χ2v) is 7.92. The van der Waals surface area contributed by atoms with E-state index in [0.717, 1.165) is 36.7 Å². The SMILES string of the molecule is O=C(O)C1CC2CCCCC2N1C(=O)c1ccc(-n2cnc3ccccc32)nc1. The number of likely N-dealkylation sites (tertiary alicyclic amines) is 1. The number of nitrogens with zero attached hydrogens (tertiary/aromatic N) is 4. The lowest BCUT2D eigenvalue weighted by Crippen LogP contribution is -2.46. The van der Waals surface area contributed by atoms with Crippen LogP contribution in [-0.4, -0.2) is 48.5 Å². The third kappa shape index (κ3) is 2.97. The number of rotatable bonds is 3. The molecule has 2 aliphatic rings. The summed E-state index contributed by atoms with van der Waals surface area (Å²) < 4.78 is 1.87. The summed E-state index contributed by atoms with van der Waals surface area (Å²) in [6.07, 6.45) is 7.85. The molecule has 7 nitrogen and oxygen atoms in total. The summed E-state index contributed by atoms with van der Waals surface area (Å²) in [5.41, 5.74) is 2.24. The molecule has 3 heterocycles. The van der Waals surface area contributed by atoms with Crippen LogP contribution in [-0.2, 0) is 4.79 Å². The van der Waals surface area contributed by atoms with Gasteiger partial charge in [0, 0.05) is 12.2 Å². The highest BCUT2D eigenvalue weighted by Gasteiger charge is 2.47. The van der Waals surface area contributed by atoms with Gasteiger partial charge in [-0.25, -0.2) is 14.8 Å². The number of para-hydroxylation sites is 2. The molecule has 3 aromatic rings. The molecule has 7 heteroatoms. The molecule has 3 unspecified atom stereocenters. The Balaban J connectivity index is 1.44. The van der Waals surface area contributed by atoms with Crippen LogP contribution in [0.2, 0.25) is 0 Å². The van der Waals surface area contributed by atoms with E-state index in [1.807, 2.05) is 28.8 Å². The highest BCUT2D eigenvalue weighted by molar-refractivity contribution is 5.97. The van der Waals surface area contributed by atoms with Crippen molar-refractivity contribution >= 4 is 22.9 Å². The first-order valence-electron chi connectivity index (χ1n) is 10.1. The molecule has 5 rings (SSSR count). The number of aliphatic carboxylic acids is 1. The summed E-state index contributed by atoms with van der Waals surface area (Å²) in [6, 6.07) is 10.6. The Labute approximate surface area is 168 Å². The number of carbonyl (C=O) groups is 2. The van der Waals surface area contributed by atoms with Crippen LogP contribution in [0.4, 0.5) is 0 Å². The number of benzene rings is 1. The smallest absolute Gasteiger partial charge is 0.326 e. The number of aromatic nitrogens is 3. The molecule has 148 valence electrons. The van der Waals surface area contributed by atoms with E-state index < -0.39 is 12.0 Å². The number of hydrogen-bond acceptors (Lipinski definition) is 4. The van der Waals surface area contributed by atoms with Crippen LogP contribution in [0.3, 0.4) is 0 Å². The van der Waals surface area contributed by atoms with Crippen molar-refractivity contribution in [1.29, 1.82) is 0 Å². The Bertz CT molecular complexity index is 1080. The molecule has 3 atom stereocenters. The normalized spacial score (nSPS) is 23.9. The summed E-state index contributed by atoms with van der Waals surface area (Å²) in [7, 11) is 0. The first-order chi connectivity index (χ1) is 14.1. The van der Waals surface area contributed by atoms with Gasteiger partial charge in [0.05, 0.1) is 16.6 Å². The average molecular weight is 390 g/mol. The molecule has 1 aliphatic carbocycles. The molecule has 0 radical (unpaired) electrons. The minimum atomic E-state index is -0.915. The fourth-order valence-corrected chi connectivity index (χ4v) is 4.92. The van der Waals surface area contributed by atoms with Crippen molar-refractivity contribution in [3.05, 3.63) is 54.5 Å². The van der Waals surface area contributed by atoms with Crippen LogP contribution in [0.1, 0.15) is 42.5 Å². The maximum atomic E-state index is 13.2. The first kappa shape index (κ1) is 17.8. The highest BCUT2D eigenvalue weighted by Crippen LogP contribution is 2.40. The minimum absolute atomic E-state index is 0.0228. The summed E-state index contributed by atoms with van der Waals surface area (Å²) >= 11 is 0. The first-order valence-corrected chi connectivity index (χ1v) is 10.1. The molecule has 0 spiro atoms. The summed E-state index contributed by atoms with van der Waals surface area (Å²) in [5.74, 6) is -0.191. The standard InChI is InChI=1S/C22H22N4O3/c27-21(26-17-7-3-1-5-14(17)11-19(26)22(28)29)15-9-10-20(23-12-15)25-13-24-16-6-2-4-8-18(16)25/h2,4,6,8-10,12-14,17,19H,1,3,5,7,11H2,(H,28,29). The molecule has 0 bridgehead atoms. The molecule has 1 N–H and O–H groups in total. The number of hydrogen-bond donors (Lipinski definition) is 1. The van der Waals surface area contributed by atoms with E-state index in [1.54, 1.807) is 29.6 Å². The van der Waals surface area contributed by atoms with Crippen molar-refractivity contribution in [2.45, 2.75) is 44.2 Å². The van der Waals surface area contributed by atoms with Gasteiger partial charge in [0.15, 0.2) is 0 Å². The zero-order valence-corrected chi connectivity index (χ0v) is 15.9. The lowest BCUT2D eigenvalue weighted by atomic mass is 9.84. The van der Waals surface area contributed by atoms with Gasteiger partial charge in [-0.15, -0.1) is 0 Å². The van der Waals surface area contributed by atoms with E-state index in [2.05, 4.69) is 9.97 Å². The monoisotopic (exact) mass is 390 g/mol. The minimum Gasteiger partial charge on any atom is -0.480 e. The molecule has 2 fully saturated rings. The largest absolute Gasteiger partial charge is 0.480 e. The van der Waals surface area contributed by atoms with Gasteiger partial charge in [-0.3, -0.25) is 9.36 Å². The molecular formula is C22H22N4O3. The lowest BCUT2D eigenvalue weighted by Gasteiger charge is -2.33. The van der Waals surface area contributed by atoms with Gasteiger partial charge < -0.3 is 10.0 Å². The lowest BCUT2D eigenvalue weighted by molar-refractivity contribution is -0.141. The third-order valence-corrected chi connectivity index (χ3v) is 6.30. The number of imidazole rings is 1. The zero-order chi connectivity index (χ0) is 20.0. The van der Waals surface area contributed by atoms with Crippen molar-refractivity contribution in [3.8, 4) is 5.82 Å². The quantitative estimate of drug-likeness (QED) is 0.741. The molecular weight excluding hydrogens is 368 g/mol. The van der Waals surface area contributed by atoms with Gasteiger partial charge in [-0.05, 0) is 49.4 Å². The van der Waals surface area contributed by atoms with Crippen molar-refractivity contribution in [2.75, 3.05) is 0 Å². The van der Waals surface area contributed by atoms with E-state index in [0.29, 0.717) is 23.7 Å². The summed E-state index contributed by atoms with van der Waals surface area (Å²) in [6.45, 7) is 0. The third-order valence-electron chi connectivity index (χ3n) is 6.30. The number of carboxylic acid groups (broad SMARTS) is 1. The van der Waals surface area contributed by atoms with Crippen LogP contribution in [0.25, 0.3) is 16.9 Å². The fourth-order valence-electron chi connectivity index (χ4n) is 4.92. The maximum absolute atomic E-state index is 13.2. The van der Waals surface area contributed by atoms with Crippen molar-refractivity contribution in [1.82, 2.24) is 19.4 Å². The second kappa shape index (κ2) is 6.99. The number of fused-ring (bicyclic) bond motifs is 2. The Morgan fingerprint density at radius 3 is 2.66 bits per heavy atom. The molecule has 1 saturated carbocycles. The Hall–Kier alpha value is -3.22. The predicted octanol–water partition coefficient (Wildman–Crippen LogP) is 3.28. The highest BCUT2D eigenvalue weighted by atomic mass is 16.4. The Morgan fingerprint density at radius 1 is 1.03 bits per heavy atom. The van der Waals surface area contributed by atoms with Crippen molar-refractivity contribution in [2.24, 2.45) is 5.92 Å². The molecule has 1 aromatic carbocycles. The van der Waals surface area contributed by atoms with Gasteiger partial charge in [0.1, 0.15) is 18.2 Å². The molecule has 2 aromatic heterocycles. The van der Waals surface area contributed by atoms with Gasteiger partial charge in [0.2, 0.25) is 0 Å². The van der Waals surface area contributed by atoms with E-state index in [1.165, 1.54) is 0 Å². The number of pyridine rings is 1. The van der Waals surface area contributed by atoms with Crippen LogP contribution >= 0.6 is 0 Å². The van der Waals surface area contributed by atoms with E-state index in [4.69, 9.17) is 0 Å². The van der Waals surface area contributed by atoms with E-state index in [-0.39, 0.29) is 11.9 Å². The molecule has 1 aliphatic heterocycles. The van der Waals surface area contributed by atoms with Crippen LogP contribution < -0.4 is 0 Å². The molecule has 29 heavy (non-hydrogen) atoms. The maximum Gasteiger partial charge on any atom is 0.326 e. The van der Waals surface area contributed by atoms with Gasteiger partial charge in [0.25, 0.3) is 5.91 Å². The Kier molecular flexibility index (Phi) is 4.30. The number of carbonyl (C=O) groups excluding carboxylic acids is 1. The zero-order valence-electron chi connectivity index (χ0n) is 15.9. The molecule has 1 saturated heterocycles. The number of amides is 1. The van der Waals surface area contributed by atoms with E-state index >= 15 is 0 Å². The van der Waals surface area contributed by atoms with Gasteiger partial charge in [-0.1, -0.05) is 25.0 Å². The summed E-state index contributed by atoms with van der Waals surface area (Å²) in [4.78, 5) is 35.5. The van der Waals surface area contributed by atoms with Gasteiger partial charge in [-0.2, -0.15) is 0 Å². The van der Waals surface area contributed by atoms with Crippen LogP contribution in [0, 0.1) is 5.92 Å². The predicted molar refractivity (Wildman–Crippen MR) is 107 cm³/mol. The van der Waals surface area contributed by atoms with Crippen molar-refractivity contribution in [3.63, 3.8) is 0 Å². The molecule has 1 amide bonds. The topological polar surface area (TPSA) is 88.3 Å². The summed E-state index contributed by atoms with van der Waals surface area (Å²) in [5, 5.41) is 9.68.